The molecule has 0 spiro atoms. The molecule has 0 amide bonds. The van der Waals surface area contributed by atoms with E-state index >= 15 is 0 Å². The second-order valence-corrected chi connectivity index (χ2v) is 14.5. The molecule has 4 heteroatoms. The summed E-state index contributed by atoms with van der Waals surface area (Å²) in [5, 5.41) is 0. The van der Waals surface area contributed by atoms with Gasteiger partial charge in [-0.3, -0.25) is 0 Å². The SMILES string of the molecule is CC[N]([Sn]1[N](CC(C)C)C(C)[N]1CC(C)C)C(C)(C)C. The van der Waals surface area contributed by atoms with E-state index in [-0.39, 0.29) is 0 Å². The van der Waals surface area contributed by atoms with Gasteiger partial charge < -0.3 is 0 Å². The molecule has 0 unspecified atom stereocenters. The Labute approximate surface area is 135 Å². The van der Waals surface area contributed by atoms with Crippen LogP contribution in [-0.4, -0.2) is 61.3 Å². The molecular weight excluding hydrogens is 353 g/mol. The summed E-state index contributed by atoms with van der Waals surface area (Å²) in [5.41, 5.74) is 0.300. The van der Waals surface area contributed by atoms with Gasteiger partial charge in [-0.2, -0.15) is 0 Å². The first kappa shape index (κ1) is 18.7. The van der Waals surface area contributed by atoms with Crippen molar-refractivity contribution in [1.82, 2.24) is 9.36 Å². The first-order valence-corrected chi connectivity index (χ1v) is 12.1. The van der Waals surface area contributed by atoms with Gasteiger partial charge in [0.2, 0.25) is 0 Å². The fraction of sp³-hybridized carbons (Fsp3) is 1.00. The van der Waals surface area contributed by atoms with Crippen LogP contribution in [0.2, 0.25) is 0 Å². The van der Waals surface area contributed by atoms with E-state index in [0.717, 1.165) is 11.8 Å². The van der Waals surface area contributed by atoms with Crippen molar-refractivity contribution in [3.05, 3.63) is 0 Å². The van der Waals surface area contributed by atoms with Crippen LogP contribution in [0.4, 0.5) is 0 Å². The molecule has 119 valence electrons. The summed E-state index contributed by atoms with van der Waals surface area (Å²) in [6.45, 7) is 25.0. The molecule has 1 aliphatic rings. The molecule has 1 fully saturated rings. The van der Waals surface area contributed by atoms with Crippen LogP contribution < -0.4 is 0 Å². The zero-order chi connectivity index (χ0) is 15.7. The molecule has 0 N–H and O–H groups in total. The summed E-state index contributed by atoms with van der Waals surface area (Å²) in [7, 11) is 0. The topological polar surface area (TPSA) is 9.72 Å². The normalized spacial score (nSPS) is 20.4. The Balaban J connectivity index is 2.92. The van der Waals surface area contributed by atoms with E-state index in [4.69, 9.17) is 0 Å². The van der Waals surface area contributed by atoms with Crippen LogP contribution in [0.5, 0.6) is 0 Å². The van der Waals surface area contributed by atoms with Gasteiger partial charge in [-0.1, -0.05) is 0 Å². The molecular formula is C16H36N3Sn. The maximum atomic E-state index is 2.87. The molecule has 0 aromatic rings. The molecule has 1 saturated heterocycles. The molecule has 1 heterocycles. The number of hydrogen-bond donors (Lipinski definition) is 0. The predicted molar refractivity (Wildman–Crippen MR) is 90.4 cm³/mol. The zero-order valence-corrected chi connectivity index (χ0v) is 18.0. The van der Waals surface area contributed by atoms with Crippen molar-refractivity contribution in [2.45, 2.75) is 74.0 Å². The van der Waals surface area contributed by atoms with Crippen LogP contribution in [0.1, 0.15) is 62.3 Å². The maximum absolute atomic E-state index is 2.87. The van der Waals surface area contributed by atoms with E-state index in [2.05, 4.69) is 71.7 Å². The van der Waals surface area contributed by atoms with Crippen LogP contribution in [0, 0.1) is 11.8 Å². The number of nitrogens with zero attached hydrogens (tertiary/aromatic N) is 3. The van der Waals surface area contributed by atoms with Crippen molar-refractivity contribution in [2.24, 2.45) is 11.8 Å². The quantitative estimate of drug-likeness (QED) is 0.646. The third-order valence-corrected chi connectivity index (χ3v) is 14.2. The second-order valence-electron chi connectivity index (χ2n) is 7.94. The summed E-state index contributed by atoms with van der Waals surface area (Å²) in [4.78, 5) is 0. The summed E-state index contributed by atoms with van der Waals surface area (Å²) >= 11 is -1.81. The zero-order valence-electron chi connectivity index (χ0n) is 15.2. The Kier molecular flexibility index (Phi) is 6.83. The molecule has 0 aromatic heterocycles. The molecule has 0 bridgehead atoms. The fourth-order valence-corrected chi connectivity index (χ4v) is 13.6. The van der Waals surface area contributed by atoms with E-state index in [1.807, 2.05) is 0 Å². The molecule has 1 aliphatic heterocycles. The fourth-order valence-electron chi connectivity index (χ4n) is 3.09. The third-order valence-electron chi connectivity index (χ3n) is 3.91. The minimum atomic E-state index is -1.81. The van der Waals surface area contributed by atoms with Gasteiger partial charge in [0.1, 0.15) is 0 Å². The van der Waals surface area contributed by atoms with E-state index < -0.39 is 20.6 Å². The Morgan fingerprint density at radius 2 is 1.40 bits per heavy atom. The molecule has 3 nitrogen and oxygen atoms in total. The van der Waals surface area contributed by atoms with E-state index in [1.54, 1.807) is 0 Å². The standard InChI is InChI=1S/C10H22N2.C6H14N.Sn/c1-8(2)6-11-10(5)12-7-9(3)4;1-5-7-6(2,3)4;/h8-10H,6-7H2,1-5H3;5H2,1-4H3;/q-2;-1;+3. The van der Waals surface area contributed by atoms with Crippen molar-refractivity contribution in [3.63, 3.8) is 0 Å². The van der Waals surface area contributed by atoms with Crippen LogP contribution in [0.3, 0.4) is 0 Å². The van der Waals surface area contributed by atoms with Crippen molar-refractivity contribution in [3.8, 4) is 0 Å². The van der Waals surface area contributed by atoms with Gasteiger partial charge in [0.15, 0.2) is 0 Å². The average Bonchev–Trinajstić information content (AvgIpc) is 2.29. The van der Waals surface area contributed by atoms with E-state index in [0.29, 0.717) is 11.7 Å². The molecule has 20 heavy (non-hydrogen) atoms. The van der Waals surface area contributed by atoms with Crippen molar-refractivity contribution >= 4 is 20.6 Å². The molecule has 0 aromatic carbocycles. The van der Waals surface area contributed by atoms with Crippen LogP contribution >= 0.6 is 0 Å². The van der Waals surface area contributed by atoms with Gasteiger partial charge >= 0.3 is 135 Å². The molecule has 0 aliphatic carbocycles. The summed E-state index contributed by atoms with van der Waals surface area (Å²) in [5.74, 6) is 1.54. The molecule has 1 radical (unpaired) electrons. The third kappa shape index (κ3) is 4.34. The first-order valence-electron chi connectivity index (χ1n) is 8.27. The van der Waals surface area contributed by atoms with Gasteiger partial charge in [-0.15, -0.1) is 0 Å². The van der Waals surface area contributed by atoms with Crippen molar-refractivity contribution in [1.29, 1.82) is 0 Å². The van der Waals surface area contributed by atoms with E-state index in [9.17, 15) is 0 Å². The van der Waals surface area contributed by atoms with Crippen molar-refractivity contribution < 1.29 is 0 Å². The number of hydrogen-bond acceptors (Lipinski definition) is 3. The Hall–Kier alpha value is 0.679. The number of rotatable bonds is 6. The Morgan fingerprint density at radius 3 is 1.65 bits per heavy atom. The van der Waals surface area contributed by atoms with Gasteiger partial charge in [0.25, 0.3) is 0 Å². The summed E-state index contributed by atoms with van der Waals surface area (Å²) in [6.07, 6.45) is 0.658. The molecule has 1 rings (SSSR count). The first-order chi connectivity index (χ1) is 9.09. The van der Waals surface area contributed by atoms with Gasteiger partial charge in [-0.05, 0) is 0 Å². The predicted octanol–water partition coefficient (Wildman–Crippen LogP) is 3.37. The molecule has 0 saturated carbocycles. The second kappa shape index (κ2) is 7.29. The monoisotopic (exact) mass is 390 g/mol. The van der Waals surface area contributed by atoms with E-state index in [1.165, 1.54) is 19.6 Å². The van der Waals surface area contributed by atoms with Crippen molar-refractivity contribution in [2.75, 3.05) is 19.6 Å². The van der Waals surface area contributed by atoms with Gasteiger partial charge in [0, 0.05) is 0 Å². The molecule has 0 atom stereocenters. The Bertz CT molecular complexity index is 281. The Morgan fingerprint density at radius 1 is 1.00 bits per heavy atom. The summed E-state index contributed by atoms with van der Waals surface area (Å²) in [6, 6.07) is 0. The van der Waals surface area contributed by atoms with Gasteiger partial charge in [-0.25, -0.2) is 0 Å². The van der Waals surface area contributed by atoms with Crippen LogP contribution in [0.25, 0.3) is 0 Å². The minimum absolute atomic E-state index is 0.300. The van der Waals surface area contributed by atoms with Crippen LogP contribution in [0.15, 0.2) is 0 Å². The summed E-state index contributed by atoms with van der Waals surface area (Å²) < 4.78 is 8.56. The van der Waals surface area contributed by atoms with Gasteiger partial charge in [0.05, 0.1) is 0 Å². The van der Waals surface area contributed by atoms with Crippen LogP contribution in [-0.2, 0) is 0 Å². The average molecular weight is 389 g/mol.